The van der Waals surface area contributed by atoms with E-state index in [-0.39, 0.29) is 15.7 Å². The predicted octanol–water partition coefficient (Wildman–Crippen LogP) is 1.34. The minimum atomic E-state index is -3.57. The van der Waals surface area contributed by atoms with E-state index in [0.717, 1.165) is 11.3 Å². The maximum atomic E-state index is 12.5. The van der Waals surface area contributed by atoms with Crippen molar-refractivity contribution in [2.45, 2.75) is 30.0 Å². The second-order valence-electron chi connectivity index (χ2n) is 4.60. The Hall–Kier alpha value is -0.440. The summed E-state index contributed by atoms with van der Waals surface area (Å²) in [5, 5.41) is 1.71. The van der Waals surface area contributed by atoms with Gasteiger partial charge in [-0.3, -0.25) is 0 Å². The van der Waals surface area contributed by atoms with Crippen LogP contribution in [0.2, 0.25) is 0 Å². The molecule has 19 heavy (non-hydrogen) atoms. The molecule has 1 aromatic heterocycles. The summed E-state index contributed by atoms with van der Waals surface area (Å²) in [6, 6.07) is 2.83. The molecule has 0 amide bonds. The van der Waals surface area contributed by atoms with E-state index in [1.165, 1.54) is 4.31 Å². The highest BCUT2D eigenvalue weighted by molar-refractivity contribution is 7.92. The van der Waals surface area contributed by atoms with Crippen molar-refractivity contribution in [1.82, 2.24) is 4.31 Å². The Labute approximate surface area is 118 Å². The van der Waals surface area contributed by atoms with Crippen LogP contribution in [0.4, 0.5) is 0 Å². The lowest BCUT2D eigenvalue weighted by molar-refractivity contribution is 0.341. The molecule has 1 fully saturated rings. The van der Waals surface area contributed by atoms with Crippen molar-refractivity contribution in [2.75, 3.05) is 18.1 Å². The van der Waals surface area contributed by atoms with Gasteiger partial charge < -0.3 is 0 Å². The van der Waals surface area contributed by atoms with Gasteiger partial charge in [0, 0.05) is 12.6 Å². The average Bonchev–Trinajstić information content (AvgIpc) is 2.95. The molecule has 1 saturated heterocycles. The standard InChI is InChI=1S/C11H17NO4S3/c1-2-6-12(10-5-8-18(13,14)9-10)19(15,16)11-4-3-7-17-11/h3-4,7,10H,2,5-6,8-9H2,1H3/t10-/m1/s1. The van der Waals surface area contributed by atoms with E-state index in [1.54, 1.807) is 17.5 Å². The van der Waals surface area contributed by atoms with E-state index in [9.17, 15) is 16.8 Å². The zero-order valence-corrected chi connectivity index (χ0v) is 13.1. The summed E-state index contributed by atoms with van der Waals surface area (Å²) < 4.78 is 49.8. The quantitative estimate of drug-likeness (QED) is 0.820. The lowest BCUT2D eigenvalue weighted by atomic mass is 10.2. The summed E-state index contributed by atoms with van der Waals surface area (Å²) in [4.78, 5) is 0. The fourth-order valence-electron chi connectivity index (χ4n) is 2.25. The molecule has 0 unspecified atom stereocenters. The first-order valence-corrected chi connectivity index (χ1v) is 10.3. The maximum Gasteiger partial charge on any atom is 0.252 e. The van der Waals surface area contributed by atoms with Crippen molar-refractivity contribution in [1.29, 1.82) is 0 Å². The summed E-state index contributed by atoms with van der Waals surface area (Å²) in [6.45, 7) is 2.25. The zero-order chi connectivity index (χ0) is 14.1. The molecule has 1 atom stereocenters. The molecule has 108 valence electrons. The van der Waals surface area contributed by atoms with E-state index in [2.05, 4.69) is 0 Å². The van der Waals surface area contributed by atoms with Crippen LogP contribution in [0.25, 0.3) is 0 Å². The monoisotopic (exact) mass is 323 g/mol. The van der Waals surface area contributed by atoms with Crippen molar-refractivity contribution in [3.05, 3.63) is 17.5 Å². The molecule has 0 aromatic carbocycles. The van der Waals surface area contributed by atoms with Gasteiger partial charge in [-0.2, -0.15) is 4.31 Å². The van der Waals surface area contributed by atoms with E-state index < -0.39 is 25.9 Å². The molecule has 0 radical (unpaired) electrons. The SMILES string of the molecule is CCCN([C@@H]1CCS(=O)(=O)C1)S(=O)(=O)c1cccs1. The van der Waals surface area contributed by atoms with Gasteiger partial charge in [0.1, 0.15) is 4.21 Å². The molecule has 0 aliphatic carbocycles. The van der Waals surface area contributed by atoms with Gasteiger partial charge in [0.05, 0.1) is 11.5 Å². The molecule has 0 N–H and O–H groups in total. The van der Waals surface area contributed by atoms with Gasteiger partial charge in [0.2, 0.25) is 0 Å². The lowest BCUT2D eigenvalue weighted by Crippen LogP contribution is -2.41. The fourth-order valence-corrected chi connectivity index (χ4v) is 6.94. The van der Waals surface area contributed by atoms with Gasteiger partial charge in [-0.25, -0.2) is 16.8 Å². The Morgan fingerprint density at radius 2 is 2.21 bits per heavy atom. The van der Waals surface area contributed by atoms with Gasteiger partial charge in [-0.15, -0.1) is 11.3 Å². The van der Waals surface area contributed by atoms with E-state index in [0.29, 0.717) is 19.4 Å². The van der Waals surface area contributed by atoms with Crippen LogP contribution in [-0.2, 0) is 19.9 Å². The topological polar surface area (TPSA) is 71.5 Å². The Morgan fingerprint density at radius 1 is 1.47 bits per heavy atom. The first-order chi connectivity index (χ1) is 8.87. The van der Waals surface area contributed by atoms with Crippen LogP contribution in [-0.4, -0.2) is 45.2 Å². The number of hydrogen-bond acceptors (Lipinski definition) is 5. The molecule has 8 heteroatoms. The number of sulfone groups is 1. The third-order valence-corrected chi connectivity index (χ3v) is 8.19. The molecule has 1 aliphatic heterocycles. The third kappa shape index (κ3) is 3.18. The molecular formula is C11H17NO4S3. The second kappa shape index (κ2) is 5.51. The van der Waals surface area contributed by atoms with Crippen LogP contribution in [0.15, 0.2) is 21.7 Å². The summed E-state index contributed by atoms with van der Waals surface area (Å²) in [5.74, 6) is 0.0233. The number of sulfonamides is 1. The van der Waals surface area contributed by atoms with Crippen LogP contribution >= 0.6 is 11.3 Å². The van der Waals surface area contributed by atoms with Crippen LogP contribution in [0, 0.1) is 0 Å². The highest BCUT2D eigenvalue weighted by Gasteiger charge is 2.38. The zero-order valence-electron chi connectivity index (χ0n) is 10.6. The van der Waals surface area contributed by atoms with Gasteiger partial charge in [-0.1, -0.05) is 13.0 Å². The highest BCUT2D eigenvalue weighted by Crippen LogP contribution is 2.27. The summed E-state index contributed by atoms with van der Waals surface area (Å²) >= 11 is 1.16. The van der Waals surface area contributed by atoms with E-state index in [1.807, 2.05) is 6.92 Å². The number of rotatable bonds is 5. The Morgan fingerprint density at radius 3 is 2.68 bits per heavy atom. The maximum absolute atomic E-state index is 12.5. The first kappa shape index (κ1) is 15.0. The summed E-state index contributed by atoms with van der Waals surface area (Å²) in [5.41, 5.74) is 0. The Kier molecular flexibility index (Phi) is 4.34. The van der Waals surface area contributed by atoms with Gasteiger partial charge in [0.25, 0.3) is 10.0 Å². The minimum Gasteiger partial charge on any atom is -0.229 e. The third-order valence-electron chi connectivity index (χ3n) is 3.12. The predicted molar refractivity (Wildman–Crippen MR) is 75.6 cm³/mol. The molecule has 0 spiro atoms. The molecule has 1 aromatic rings. The molecule has 0 saturated carbocycles. The van der Waals surface area contributed by atoms with Gasteiger partial charge in [-0.05, 0) is 24.3 Å². The highest BCUT2D eigenvalue weighted by atomic mass is 32.2. The van der Waals surface area contributed by atoms with Crippen molar-refractivity contribution in [3.63, 3.8) is 0 Å². The Bertz CT molecular complexity index is 619. The van der Waals surface area contributed by atoms with Crippen LogP contribution in [0.3, 0.4) is 0 Å². The lowest BCUT2D eigenvalue weighted by Gasteiger charge is -2.26. The fraction of sp³-hybridized carbons (Fsp3) is 0.636. The summed E-state index contributed by atoms with van der Waals surface area (Å²) in [6.07, 6.45) is 1.06. The van der Waals surface area contributed by atoms with Crippen molar-refractivity contribution in [2.24, 2.45) is 0 Å². The first-order valence-electron chi connectivity index (χ1n) is 6.12. The molecule has 0 bridgehead atoms. The van der Waals surface area contributed by atoms with Crippen molar-refractivity contribution in [3.8, 4) is 0 Å². The van der Waals surface area contributed by atoms with Gasteiger partial charge in [0.15, 0.2) is 9.84 Å². The number of nitrogens with zero attached hydrogens (tertiary/aromatic N) is 1. The number of thiophene rings is 1. The van der Waals surface area contributed by atoms with Crippen LogP contribution < -0.4 is 0 Å². The van der Waals surface area contributed by atoms with Gasteiger partial charge >= 0.3 is 0 Å². The molecule has 1 aliphatic rings. The smallest absolute Gasteiger partial charge is 0.229 e. The molecule has 2 rings (SSSR count). The average molecular weight is 323 g/mol. The van der Waals surface area contributed by atoms with E-state index >= 15 is 0 Å². The molecule has 2 heterocycles. The number of hydrogen-bond donors (Lipinski definition) is 0. The molecular weight excluding hydrogens is 306 g/mol. The van der Waals surface area contributed by atoms with Crippen LogP contribution in [0.5, 0.6) is 0 Å². The second-order valence-corrected chi connectivity index (χ2v) is 9.90. The normalized spacial score (nSPS) is 22.9. The van der Waals surface area contributed by atoms with E-state index in [4.69, 9.17) is 0 Å². The Balaban J connectivity index is 2.31. The summed E-state index contributed by atoms with van der Waals surface area (Å²) in [7, 11) is -6.66. The van der Waals surface area contributed by atoms with Crippen LogP contribution in [0.1, 0.15) is 19.8 Å². The molecule has 5 nitrogen and oxygen atoms in total. The van der Waals surface area contributed by atoms with Crippen molar-refractivity contribution < 1.29 is 16.8 Å². The van der Waals surface area contributed by atoms with Crippen molar-refractivity contribution >= 4 is 31.2 Å². The largest absolute Gasteiger partial charge is 0.252 e. The minimum absolute atomic E-state index is 0.0579.